The summed E-state index contributed by atoms with van der Waals surface area (Å²) in [5, 5.41) is 5.29. The molecule has 8 heteroatoms. The molecule has 0 aliphatic heterocycles. The molecule has 7 nitrogen and oxygen atoms in total. The van der Waals surface area contributed by atoms with Crippen LogP contribution in [-0.4, -0.2) is 22.8 Å². The summed E-state index contributed by atoms with van der Waals surface area (Å²) in [5.74, 6) is -0.811. The maximum absolute atomic E-state index is 12.1. The van der Waals surface area contributed by atoms with E-state index in [4.69, 9.17) is 12.2 Å². The summed E-state index contributed by atoms with van der Waals surface area (Å²) in [6.07, 6.45) is 3.22. The van der Waals surface area contributed by atoms with E-state index in [0.29, 0.717) is 17.7 Å². The van der Waals surface area contributed by atoms with E-state index in [1.54, 1.807) is 38.1 Å². The van der Waals surface area contributed by atoms with Crippen LogP contribution in [0.3, 0.4) is 0 Å². The SMILES string of the molecule is CCCCCC(=O)NC(=S)NNC(=O)c1ccc(NC(=O)C(C)C)cc1. The van der Waals surface area contributed by atoms with Crippen molar-refractivity contribution in [3.05, 3.63) is 29.8 Å². The van der Waals surface area contributed by atoms with Crippen molar-refractivity contribution >= 4 is 40.7 Å². The molecule has 26 heavy (non-hydrogen) atoms. The van der Waals surface area contributed by atoms with Crippen LogP contribution < -0.4 is 21.5 Å². The molecule has 0 aromatic heterocycles. The lowest BCUT2D eigenvalue weighted by atomic mass is 10.1. The first-order valence-corrected chi connectivity index (χ1v) is 9.05. The van der Waals surface area contributed by atoms with Crippen LogP contribution >= 0.6 is 12.2 Å². The minimum Gasteiger partial charge on any atom is -0.326 e. The number of rotatable bonds is 7. The van der Waals surface area contributed by atoms with Gasteiger partial charge >= 0.3 is 0 Å². The van der Waals surface area contributed by atoms with Gasteiger partial charge in [0.25, 0.3) is 5.91 Å². The molecule has 1 aromatic rings. The monoisotopic (exact) mass is 378 g/mol. The smallest absolute Gasteiger partial charge is 0.269 e. The number of anilines is 1. The van der Waals surface area contributed by atoms with Gasteiger partial charge in [0.15, 0.2) is 5.11 Å². The number of hydrogen-bond donors (Lipinski definition) is 4. The molecule has 0 spiro atoms. The molecule has 0 aliphatic carbocycles. The van der Waals surface area contributed by atoms with E-state index in [1.165, 1.54) is 0 Å². The lowest BCUT2D eigenvalue weighted by Gasteiger charge is -2.11. The van der Waals surface area contributed by atoms with Gasteiger partial charge in [0.1, 0.15) is 0 Å². The molecule has 1 rings (SSSR count). The fourth-order valence-electron chi connectivity index (χ4n) is 1.93. The van der Waals surface area contributed by atoms with Crippen molar-refractivity contribution in [2.45, 2.75) is 46.5 Å². The van der Waals surface area contributed by atoms with E-state index in [9.17, 15) is 14.4 Å². The predicted octanol–water partition coefficient (Wildman–Crippen LogP) is 2.50. The highest BCUT2D eigenvalue weighted by Crippen LogP contribution is 2.10. The molecule has 0 bridgehead atoms. The Morgan fingerprint density at radius 1 is 1.04 bits per heavy atom. The first-order chi connectivity index (χ1) is 12.3. The Morgan fingerprint density at radius 2 is 1.69 bits per heavy atom. The van der Waals surface area contributed by atoms with Crippen molar-refractivity contribution in [1.29, 1.82) is 0 Å². The number of carbonyl (C=O) groups is 3. The molecule has 0 radical (unpaired) electrons. The Morgan fingerprint density at radius 3 is 2.27 bits per heavy atom. The molecule has 0 aliphatic rings. The van der Waals surface area contributed by atoms with Gasteiger partial charge in [-0.2, -0.15) is 0 Å². The predicted molar refractivity (Wildman–Crippen MR) is 105 cm³/mol. The third kappa shape index (κ3) is 8.06. The standard InChI is InChI=1S/C18H26N4O3S/c1-4-5-6-7-15(23)20-18(26)22-21-17(25)13-8-10-14(11-9-13)19-16(24)12(2)3/h8-12H,4-7H2,1-3H3,(H,19,24)(H,21,25)(H2,20,22,23,26). The molecule has 3 amide bonds. The Labute approximate surface area is 159 Å². The molecule has 4 N–H and O–H groups in total. The summed E-state index contributed by atoms with van der Waals surface area (Å²) in [7, 11) is 0. The normalized spacial score (nSPS) is 10.2. The topological polar surface area (TPSA) is 99.3 Å². The van der Waals surface area contributed by atoms with Crippen LogP contribution in [0, 0.1) is 5.92 Å². The number of nitrogens with one attached hydrogen (secondary N) is 4. The van der Waals surface area contributed by atoms with E-state index in [-0.39, 0.29) is 22.8 Å². The molecule has 0 atom stereocenters. The molecule has 1 aromatic carbocycles. The zero-order chi connectivity index (χ0) is 19.5. The number of hydrazine groups is 1. The van der Waals surface area contributed by atoms with Crippen LogP contribution in [-0.2, 0) is 9.59 Å². The van der Waals surface area contributed by atoms with Gasteiger partial charge < -0.3 is 10.6 Å². The maximum Gasteiger partial charge on any atom is 0.269 e. The minimum absolute atomic E-state index is 0.0423. The molecular formula is C18H26N4O3S. The Hall–Kier alpha value is -2.48. The molecule has 0 fully saturated rings. The Kier molecular flexibility index (Phi) is 9.29. The van der Waals surface area contributed by atoms with E-state index in [0.717, 1.165) is 19.3 Å². The average molecular weight is 378 g/mol. The second-order valence-corrected chi connectivity index (χ2v) is 6.54. The van der Waals surface area contributed by atoms with Crippen molar-refractivity contribution < 1.29 is 14.4 Å². The number of benzene rings is 1. The largest absolute Gasteiger partial charge is 0.326 e. The first kappa shape index (κ1) is 21.6. The summed E-state index contributed by atoms with van der Waals surface area (Å²) in [6.45, 7) is 5.66. The Bertz CT molecular complexity index is 644. The molecule has 0 heterocycles. The summed E-state index contributed by atoms with van der Waals surface area (Å²) < 4.78 is 0. The summed E-state index contributed by atoms with van der Waals surface area (Å²) in [6, 6.07) is 6.45. The number of unbranched alkanes of at least 4 members (excludes halogenated alkanes) is 2. The van der Waals surface area contributed by atoms with Crippen LogP contribution in [0.25, 0.3) is 0 Å². The van der Waals surface area contributed by atoms with Crippen LogP contribution in [0.4, 0.5) is 5.69 Å². The third-order valence-electron chi connectivity index (χ3n) is 3.49. The average Bonchev–Trinajstić information content (AvgIpc) is 2.60. The van der Waals surface area contributed by atoms with Crippen LogP contribution in [0.1, 0.15) is 56.8 Å². The molecule has 142 valence electrons. The van der Waals surface area contributed by atoms with E-state index in [1.807, 2.05) is 0 Å². The zero-order valence-corrected chi connectivity index (χ0v) is 16.2. The van der Waals surface area contributed by atoms with Crippen LogP contribution in [0.15, 0.2) is 24.3 Å². The lowest BCUT2D eigenvalue weighted by Crippen LogP contribution is -2.48. The highest BCUT2D eigenvalue weighted by molar-refractivity contribution is 7.80. The van der Waals surface area contributed by atoms with Gasteiger partial charge in [-0.05, 0) is 42.9 Å². The third-order valence-corrected chi connectivity index (χ3v) is 3.69. The van der Waals surface area contributed by atoms with Crippen molar-refractivity contribution in [3.8, 4) is 0 Å². The number of thiocarbonyl (C=S) groups is 1. The second kappa shape index (κ2) is 11.2. The first-order valence-electron chi connectivity index (χ1n) is 8.64. The van der Waals surface area contributed by atoms with E-state index in [2.05, 4.69) is 28.4 Å². The van der Waals surface area contributed by atoms with Gasteiger partial charge in [-0.15, -0.1) is 0 Å². The maximum atomic E-state index is 12.1. The van der Waals surface area contributed by atoms with Gasteiger partial charge in [0.05, 0.1) is 0 Å². The summed E-state index contributed by atoms with van der Waals surface area (Å²) in [5.41, 5.74) is 5.91. The van der Waals surface area contributed by atoms with Crippen molar-refractivity contribution in [2.24, 2.45) is 5.92 Å². The van der Waals surface area contributed by atoms with E-state index >= 15 is 0 Å². The van der Waals surface area contributed by atoms with Gasteiger partial charge in [-0.3, -0.25) is 25.2 Å². The fourth-order valence-corrected chi connectivity index (χ4v) is 2.10. The molecular weight excluding hydrogens is 352 g/mol. The van der Waals surface area contributed by atoms with Crippen molar-refractivity contribution in [3.63, 3.8) is 0 Å². The van der Waals surface area contributed by atoms with Gasteiger partial charge in [0, 0.05) is 23.6 Å². The zero-order valence-electron chi connectivity index (χ0n) is 15.3. The summed E-state index contributed by atoms with van der Waals surface area (Å²) in [4.78, 5) is 35.3. The molecule has 0 unspecified atom stereocenters. The Balaban J connectivity index is 2.42. The van der Waals surface area contributed by atoms with Crippen molar-refractivity contribution in [1.82, 2.24) is 16.2 Å². The van der Waals surface area contributed by atoms with E-state index < -0.39 is 5.91 Å². The van der Waals surface area contributed by atoms with Crippen LogP contribution in [0.5, 0.6) is 0 Å². The minimum atomic E-state index is -0.408. The highest BCUT2D eigenvalue weighted by Gasteiger charge is 2.10. The van der Waals surface area contributed by atoms with Gasteiger partial charge in [-0.25, -0.2) is 0 Å². The highest BCUT2D eigenvalue weighted by atomic mass is 32.1. The quantitative estimate of drug-likeness (QED) is 0.332. The van der Waals surface area contributed by atoms with Gasteiger partial charge in [-0.1, -0.05) is 33.6 Å². The van der Waals surface area contributed by atoms with Crippen LogP contribution in [0.2, 0.25) is 0 Å². The number of carbonyl (C=O) groups excluding carboxylic acids is 3. The lowest BCUT2D eigenvalue weighted by molar-refractivity contribution is -0.120. The fraction of sp³-hybridized carbons (Fsp3) is 0.444. The summed E-state index contributed by atoms with van der Waals surface area (Å²) >= 11 is 4.96. The molecule has 0 saturated carbocycles. The second-order valence-electron chi connectivity index (χ2n) is 6.13. The van der Waals surface area contributed by atoms with Gasteiger partial charge in [0.2, 0.25) is 11.8 Å². The number of amides is 3. The van der Waals surface area contributed by atoms with Crippen molar-refractivity contribution in [2.75, 3.05) is 5.32 Å². The molecule has 0 saturated heterocycles. The number of hydrogen-bond acceptors (Lipinski definition) is 4.